The molecule has 0 radical (unpaired) electrons. The predicted octanol–water partition coefficient (Wildman–Crippen LogP) is 0.380. The van der Waals surface area contributed by atoms with E-state index in [0.717, 1.165) is 45.6 Å². The molecular formula is C18H27N5O2. The maximum atomic E-state index is 12.1. The Morgan fingerprint density at radius 1 is 1.28 bits per heavy atom. The van der Waals surface area contributed by atoms with Gasteiger partial charge in [-0.2, -0.15) is 0 Å². The fourth-order valence-corrected chi connectivity index (χ4v) is 4.54. The first kappa shape index (κ1) is 16.8. The van der Waals surface area contributed by atoms with E-state index in [1.54, 1.807) is 0 Å². The molecule has 2 aliphatic heterocycles. The van der Waals surface area contributed by atoms with Crippen LogP contribution in [-0.4, -0.2) is 49.8 Å². The molecule has 0 aromatic carbocycles. The molecule has 7 heteroatoms. The number of carbonyl (C=O) groups excluding carboxylic acids is 1. The quantitative estimate of drug-likeness (QED) is 0.733. The molecule has 4 N–H and O–H groups in total. The highest BCUT2D eigenvalue weighted by Gasteiger charge is 2.42. The van der Waals surface area contributed by atoms with E-state index < -0.39 is 0 Å². The average molecular weight is 345 g/mol. The van der Waals surface area contributed by atoms with E-state index in [9.17, 15) is 4.79 Å². The van der Waals surface area contributed by atoms with Crippen LogP contribution >= 0.6 is 0 Å². The van der Waals surface area contributed by atoms with Gasteiger partial charge in [0.1, 0.15) is 0 Å². The standard InChI is InChI=1S/C18H27N5O2/c19-9-17-16-8-12(1-2-15(16)18(24)22-21-17)13-7-14(11-20-10-13)23-3-5-25-6-4-23/h7,10-12,15-17,21H,1-6,8-9,19H2,(H,22,24). The van der Waals surface area contributed by atoms with Crippen LogP contribution in [0.3, 0.4) is 0 Å². The lowest BCUT2D eigenvalue weighted by Gasteiger charge is -2.43. The Morgan fingerprint density at radius 2 is 2.12 bits per heavy atom. The van der Waals surface area contributed by atoms with Crippen molar-refractivity contribution in [2.45, 2.75) is 31.2 Å². The van der Waals surface area contributed by atoms with Gasteiger partial charge in [-0.05, 0) is 42.7 Å². The molecule has 25 heavy (non-hydrogen) atoms. The van der Waals surface area contributed by atoms with Gasteiger partial charge in [0.25, 0.3) is 0 Å². The normalized spacial score (nSPS) is 32.8. The Bertz CT molecular complexity index is 619. The van der Waals surface area contributed by atoms with Crippen LogP contribution < -0.4 is 21.5 Å². The van der Waals surface area contributed by atoms with Crippen molar-refractivity contribution in [2.75, 3.05) is 37.7 Å². The van der Waals surface area contributed by atoms with Gasteiger partial charge in [-0.1, -0.05) is 0 Å². The number of aromatic nitrogens is 1. The average Bonchev–Trinajstić information content (AvgIpc) is 2.69. The van der Waals surface area contributed by atoms with Gasteiger partial charge in [0.05, 0.1) is 25.1 Å². The van der Waals surface area contributed by atoms with Crippen molar-refractivity contribution >= 4 is 11.6 Å². The summed E-state index contributed by atoms with van der Waals surface area (Å²) in [7, 11) is 0. The number of ether oxygens (including phenoxy) is 1. The van der Waals surface area contributed by atoms with Crippen molar-refractivity contribution in [3.05, 3.63) is 24.0 Å². The summed E-state index contributed by atoms with van der Waals surface area (Å²) < 4.78 is 5.44. The molecule has 1 saturated carbocycles. The molecule has 136 valence electrons. The van der Waals surface area contributed by atoms with E-state index in [-0.39, 0.29) is 17.9 Å². The Hall–Kier alpha value is -1.70. The van der Waals surface area contributed by atoms with Crippen LogP contribution in [0.25, 0.3) is 0 Å². The summed E-state index contributed by atoms with van der Waals surface area (Å²) in [5.41, 5.74) is 14.3. The van der Waals surface area contributed by atoms with Crippen LogP contribution in [0, 0.1) is 11.8 Å². The lowest BCUT2D eigenvalue weighted by molar-refractivity contribution is -0.133. The molecule has 1 aromatic heterocycles. The SMILES string of the molecule is NCC1NNC(=O)C2CCC(c3cncc(N4CCOCC4)c3)CC12. The molecule has 3 aliphatic rings. The van der Waals surface area contributed by atoms with E-state index >= 15 is 0 Å². The third-order valence-corrected chi connectivity index (χ3v) is 5.98. The summed E-state index contributed by atoms with van der Waals surface area (Å²) in [5, 5.41) is 0. The van der Waals surface area contributed by atoms with Crippen LogP contribution in [0.2, 0.25) is 0 Å². The molecule has 7 nitrogen and oxygen atoms in total. The second-order valence-corrected chi connectivity index (χ2v) is 7.33. The monoisotopic (exact) mass is 345 g/mol. The number of nitrogens with zero attached hydrogens (tertiary/aromatic N) is 2. The number of hydrazine groups is 1. The molecule has 3 fully saturated rings. The van der Waals surface area contributed by atoms with Crippen LogP contribution in [-0.2, 0) is 9.53 Å². The fraction of sp³-hybridized carbons (Fsp3) is 0.667. The van der Waals surface area contributed by atoms with Crippen LogP contribution in [0.15, 0.2) is 18.5 Å². The Balaban J connectivity index is 1.51. The summed E-state index contributed by atoms with van der Waals surface area (Å²) in [5.74, 6) is 0.941. The number of hydrogen-bond acceptors (Lipinski definition) is 6. The molecule has 0 spiro atoms. The molecule has 1 aromatic rings. The van der Waals surface area contributed by atoms with Crippen molar-refractivity contribution in [1.82, 2.24) is 15.8 Å². The molecule has 3 heterocycles. The fourth-order valence-electron chi connectivity index (χ4n) is 4.54. The number of anilines is 1. The topological polar surface area (TPSA) is 92.5 Å². The number of rotatable bonds is 3. The van der Waals surface area contributed by atoms with E-state index in [2.05, 4.69) is 26.8 Å². The summed E-state index contributed by atoms with van der Waals surface area (Å²) in [6.45, 7) is 3.92. The zero-order valence-electron chi connectivity index (χ0n) is 14.5. The molecular weight excluding hydrogens is 318 g/mol. The van der Waals surface area contributed by atoms with Gasteiger partial charge in [0.15, 0.2) is 0 Å². The predicted molar refractivity (Wildman–Crippen MR) is 95.0 cm³/mol. The summed E-state index contributed by atoms with van der Waals surface area (Å²) >= 11 is 0. The van der Waals surface area contributed by atoms with E-state index in [0.29, 0.717) is 18.4 Å². The lowest BCUT2D eigenvalue weighted by atomic mass is 9.68. The number of fused-ring (bicyclic) bond motifs is 1. The zero-order valence-corrected chi connectivity index (χ0v) is 14.5. The Morgan fingerprint density at radius 3 is 2.92 bits per heavy atom. The zero-order chi connectivity index (χ0) is 17.2. The van der Waals surface area contributed by atoms with Crippen LogP contribution in [0.1, 0.15) is 30.7 Å². The van der Waals surface area contributed by atoms with E-state index in [1.807, 2.05) is 12.4 Å². The van der Waals surface area contributed by atoms with Gasteiger partial charge < -0.3 is 15.4 Å². The molecule has 1 amide bonds. The second kappa shape index (κ2) is 7.27. The molecule has 4 atom stereocenters. The first-order valence-corrected chi connectivity index (χ1v) is 9.29. The maximum absolute atomic E-state index is 12.1. The number of morpholine rings is 1. The lowest BCUT2D eigenvalue weighted by Crippen LogP contribution is -2.62. The first-order valence-electron chi connectivity index (χ1n) is 9.29. The van der Waals surface area contributed by atoms with Gasteiger partial charge in [-0.25, -0.2) is 5.43 Å². The second-order valence-electron chi connectivity index (χ2n) is 7.33. The Kier molecular flexibility index (Phi) is 4.87. The molecule has 1 aliphatic carbocycles. The van der Waals surface area contributed by atoms with E-state index in [4.69, 9.17) is 10.5 Å². The maximum Gasteiger partial charge on any atom is 0.237 e. The summed E-state index contributed by atoms with van der Waals surface area (Å²) in [6.07, 6.45) is 6.86. The van der Waals surface area contributed by atoms with Gasteiger partial charge in [-0.15, -0.1) is 0 Å². The number of carbonyl (C=O) groups is 1. The molecule has 2 saturated heterocycles. The van der Waals surface area contributed by atoms with Gasteiger partial charge in [0, 0.05) is 37.8 Å². The van der Waals surface area contributed by atoms with E-state index in [1.165, 1.54) is 11.3 Å². The number of pyridine rings is 1. The number of hydrogen-bond donors (Lipinski definition) is 3. The highest BCUT2D eigenvalue weighted by atomic mass is 16.5. The minimum atomic E-state index is 0.0847. The minimum Gasteiger partial charge on any atom is -0.378 e. The summed E-state index contributed by atoms with van der Waals surface area (Å²) in [6, 6.07) is 2.43. The summed E-state index contributed by atoms with van der Waals surface area (Å²) in [4.78, 5) is 19.0. The molecule has 0 bridgehead atoms. The van der Waals surface area contributed by atoms with Gasteiger partial charge in [0.2, 0.25) is 5.91 Å². The number of nitrogens with two attached hydrogens (primary N) is 1. The van der Waals surface area contributed by atoms with Crippen LogP contribution in [0.5, 0.6) is 0 Å². The van der Waals surface area contributed by atoms with Crippen molar-refractivity contribution < 1.29 is 9.53 Å². The van der Waals surface area contributed by atoms with Crippen molar-refractivity contribution in [3.63, 3.8) is 0 Å². The number of amides is 1. The van der Waals surface area contributed by atoms with Gasteiger partial charge in [-0.3, -0.25) is 15.2 Å². The minimum absolute atomic E-state index is 0.0847. The highest BCUT2D eigenvalue weighted by molar-refractivity contribution is 5.79. The molecule has 4 rings (SSSR count). The van der Waals surface area contributed by atoms with Crippen molar-refractivity contribution in [2.24, 2.45) is 17.6 Å². The third-order valence-electron chi connectivity index (χ3n) is 5.98. The first-order chi connectivity index (χ1) is 12.3. The third kappa shape index (κ3) is 3.36. The van der Waals surface area contributed by atoms with Gasteiger partial charge >= 0.3 is 0 Å². The van der Waals surface area contributed by atoms with Crippen molar-refractivity contribution in [3.8, 4) is 0 Å². The highest BCUT2D eigenvalue weighted by Crippen LogP contribution is 2.42. The smallest absolute Gasteiger partial charge is 0.237 e. The largest absolute Gasteiger partial charge is 0.378 e. The van der Waals surface area contributed by atoms with Crippen LogP contribution in [0.4, 0.5) is 5.69 Å². The molecule has 4 unspecified atom stereocenters. The Labute approximate surface area is 148 Å². The number of nitrogens with one attached hydrogen (secondary N) is 2. The van der Waals surface area contributed by atoms with Crippen molar-refractivity contribution in [1.29, 1.82) is 0 Å².